The van der Waals surface area contributed by atoms with E-state index in [1.807, 2.05) is 6.20 Å². The summed E-state index contributed by atoms with van der Waals surface area (Å²) in [6.07, 6.45) is 20.9. The zero-order valence-corrected chi connectivity index (χ0v) is 23.1. The molecule has 2 unspecified atom stereocenters. The highest BCUT2D eigenvalue weighted by Gasteiger charge is 2.41. The number of nitrogens with zero attached hydrogens (tertiary/aromatic N) is 4. The van der Waals surface area contributed by atoms with Gasteiger partial charge in [-0.3, -0.25) is 0 Å². The van der Waals surface area contributed by atoms with Crippen molar-refractivity contribution in [1.29, 1.82) is 0 Å². The molecular weight excluding hydrogens is 473 g/mol. The molecule has 0 radical (unpaired) electrons. The average molecular weight is 516 g/mol. The van der Waals surface area contributed by atoms with Crippen molar-refractivity contribution in [3.63, 3.8) is 0 Å². The van der Waals surface area contributed by atoms with Crippen molar-refractivity contribution >= 4 is 22.1 Å². The molecule has 7 rings (SSSR count). The molecular formula is C32H42FN5. The molecule has 6 heteroatoms. The van der Waals surface area contributed by atoms with Gasteiger partial charge in [-0.15, -0.1) is 0 Å². The molecule has 3 fully saturated rings. The molecule has 4 aromatic rings. The van der Waals surface area contributed by atoms with Gasteiger partial charge < -0.3 is 9.55 Å². The average Bonchev–Trinajstić information content (AvgIpc) is 3.54. The number of H-pyrrole nitrogens is 1. The lowest BCUT2D eigenvalue weighted by atomic mass is 9.58. The number of aryl methyl sites for hydroxylation is 1. The fourth-order valence-corrected chi connectivity index (χ4v) is 7.44. The van der Waals surface area contributed by atoms with Crippen molar-refractivity contribution in [2.45, 2.75) is 97.4 Å². The van der Waals surface area contributed by atoms with Gasteiger partial charge in [-0.1, -0.05) is 52.4 Å². The second-order valence-corrected chi connectivity index (χ2v) is 12.0. The van der Waals surface area contributed by atoms with E-state index in [0.29, 0.717) is 17.4 Å². The van der Waals surface area contributed by atoms with Crippen molar-refractivity contribution in [1.82, 2.24) is 24.5 Å². The first-order valence-corrected chi connectivity index (χ1v) is 15.1. The van der Waals surface area contributed by atoms with Crippen LogP contribution < -0.4 is 0 Å². The maximum atomic E-state index is 14.1. The van der Waals surface area contributed by atoms with Crippen molar-refractivity contribution in [3.8, 4) is 11.4 Å². The Balaban J connectivity index is 1.33. The fourth-order valence-electron chi connectivity index (χ4n) is 7.44. The maximum absolute atomic E-state index is 14.1. The molecule has 3 aliphatic rings. The molecule has 0 amide bonds. The van der Waals surface area contributed by atoms with E-state index in [0.717, 1.165) is 59.4 Å². The van der Waals surface area contributed by atoms with Crippen molar-refractivity contribution in [3.05, 3.63) is 42.2 Å². The van der Waals surface area contributed by atoms with Gasteiger partial charge in [0, 0.05) is 35.3 Å². The minimum atomic E-state index is -0.339. The molecule has 4 heterocycles. The SMILES string of the molecule is CCCCCCCCCn1ccc2c(CC3C4CCC(CC4)C3C)nc(-c3c[nH]c4ncc(F)cc34)nc21. The van der Waals surface area contributed by atoms with E-state index in [4.69, 9.17) is 9.97 Å². The Morgan fingerprint density at radius 3 is 2.53 bits per heavy atom. The van der Waals surface area contributed by atoms with E-state index in [1.165, 1.54) is 75.8 Å². The highest BCUT2D eigenvalue weighted by atomic mass is 19.1. The molecule has 2 bridgehead atoms. The summed E-state index contributed by atoms with van der Waals surface area (Å²) in [6, 6.07) is 3.78. The third kappa shape index (κ3) is 4.99. The third-order valence-corrected chi connectivity index (χ3v) is 9.71. The number of fused-ring (bicyclic) bond motifs is 5. The Morgan fingerprint density at radius 1 is 0.974 bits per heavy atom. The predicted octanol–water partition coefficient (Wildman–Crippen LogP) is 8.48. The number of unbranched alkanes of at least 4 members (excludes halogenated alkanes) is 6. The number of aromatic nitrogens is 5. The van der Waals surface area contributed by atoms with Gasteiger partial charge in [0.2, 0.25) is 0 Å². The lowest BCUT2D eigenvalue weighted by Crippen LogP contribution is -2.39. The van der Waals surface area contributed by atoms with Gasteiger partial charge >= 0.3 is 0 Å². The summed E-state index contributed by atoms with van der Waals surface area (Å²) in [7, 11) is 0. The Morgan fingerprint density at radius 2 is 1.74 bits per heavy atom. The number of hydrogen-bond acceptors (Lipinski definition) is 3. The second-order valence-electron chi connectivity index (χ2n) is 12.0. The highest BCUT2D eigenvalue weighted by molar-refractivity contribution is 5.93. The lowest BCUT2D eigenvalue weighted by molar-refractivity contribution is 0.0341. The van der Waals surface area contributed by atoms with Gasteiger partial charge in [-0.05, 0) is 74.3 Å². The van der Waals surface area contributed by atoms with Crippen LogP contribution in [0.5, 0.6) is 0 Å². The van der Waals surface area contributed by atoms with E-state index < -0.39 is 0 Å². The molecule has 3 saturated carbocycles. The monoisotopic (exact) mass is 515 g/mol. The van der Waals surface area contributed by atoms with Crippen LogP contribution in [-0.4, -0.2) is 24.5 Å². The van der Waals surface area contributed by atoms with Crippen LogP contribution in [0.25, 0.3) is 33.5 Å². The van der Waals surface area contributed by atoms with Crippen LogP contribution in [0.15, 0.2) is 30.7 Å². The van der Waals surface area contributed by atoms with Gasteiger partial charge in [0.25, 0.3) is 0 Å². The summed E-state index contributed by atoms with van der Waals surface area (Å²) in [5, 5.41) is 1.93. The summed E-state index contributed by atoms with van der Waals surface area (Å²) in [4.78, 5) is 17.7. The minimum Gasteiger partial charge on any atom is -0.345 e. The molecule has 2 atom stereocenters. The van der Waals surface area contributed by atoms with Crippen molar-refractivity contribution in [2.24, 2.45) is 23.7 Å². The van der Waals surface area contributed by atoms with E-state index in [9.17, 15) is 4.39 Å². The van der Waals surface area contributed by atoms with Crippen LogP contribution in [0.1, 0.15) is 90.2 Å². The highest BCUT2D eigenvalue weighted by Crippen LogP contribution is 2.50. The fraction of sp³-hybridized carbons (Fsp3) is 0.594. The predicted molar refractivity (Wildman–Crippen MR) is 152 cm³/mol. The summed E-state index contributed by atoms with van der Waals surface area (Å²) < 4.78 is 16.5. The van der Waals surface area contributed by atoms with Gasteiger partial charge in [0.15, 0.2) is 5.82 Å². The normalized spacial score (nSPS) is 23.1. The van der Waals surface area contributed by atoms with Crippen LogP contribution in [0.4, 0.5) is 4.39 Å². The zero-order valence-electron chi connectivity index (χ0n) is 23.1. The van der Waals surface area contributed by atoms with E-state index in [1.54, 1.807) is 6.07 Å². The zero-order chi connectivity index (χ0) is 26.1. The molecule has 0 saturated heterocycles. The molecule has 4 aromatic heterocycles. The van der Waals surface area contributed by atoms with E-state index in [-0.39, 0.29) is 5.82 Å². The summed E-state index contributed by atoms with van der Waals surface area (Å²) in [6.45, 7) is 5.71. The number of halogens is 1. The van der Waals surface area contributed by atoms with Crippen LogP contribution in [-0.2, 0) is 13.0 Å². The van der Waals surface area contributed by atoms with Crippen molar-refractivity contribution in [2.75, 3.05) is 0 Å². The number of nitrogens with one attached hydrogen (secondary N) is 1. The molecule has 202 valence electrons. The van der Waals surface area contributed by atoms with Crippen molar-refractivity contribution < 1.29 is 4.39 Å². The topological polar surface area (TPSA) is 59.4 Å². The number of pyridine rings is 1. The van der Waals surface area contributed by atoms with Crippen LogP contribution in [0.2, 0.25) is 0 Å². The van der Waals surface area contributed by atoms with Gasteiger partial charge in [0.05, 0.1) is 11.9 Å². The first-order chi connectivity index (χ1) is 18.6. The maximum Gasteiger partial charge on any atom is 0.164 e. The molecule has 5 nitrogen and oxygen atoms in total. The minimum absolute atomic E-state index is 0.339. The van der Waals surface area contributed by atoms with Crippen LogP contribution >= 0.6 is 0 Å². The van der Waals surface area contributed by atoms with E-state index >= 15 is 0 Å². The van der Waals surface area contributed by atoms with Gasteiger partial charge in [-0.2, -0.15) is 0 Å². The molecule has 3 aliphatic carbocycles. The number of rotatable bonds is 11. The summed E-state index contributed by atoms with van der Waals surface area (Å²) >= 11 is 0. The Hall–Kier alpha value is -2.76. The molecule has 38 heavy (non-hydrogen) atoms. The largest absolute Gasteiger partial charge is 0.345 e. The molecule has 0 aromatic carbocycles. The molecule has 0 aliphatic heterocycles. The quantitative estimate of drug-likeness (QED) is 0.204. The standard InChI is InChI=1S/C32H42FN5/c1-3-4-5-6-7-8-9-15-38-16-14-25-29(18-26-21(2)22-10-12-23(26)13-11-22)36-31(37-32(25)38)28-20-35-30-27(28)17-24(33)19-34-30/h14,16-17,19-23,26H,3-13,15,18H2,1-2H3,(H,34,35). The van der Waals surface area contributed by atoms with E-state index in [2.05, 4.69) is 40.6 Å². The third-order valence-electron chi connectivity index (χ3n) is 9.71. The molecule has 0 spiro atoms. The number of aromatic amines is 1. The van der Waals surface area contributed by atoms with Gasteiger partial charge in [0.1, 0.15) is 17.1 Å². The Bertz CT molecular complexity index is 1380. The number of hydrogen-bond donors (Lipinski definition) is 1. The van der Waals surface area contributed by atoms with Crippen LogP contribution in [0, 0.1) is 29.5 Å². The summed E-state index contributed by atoms with van der Waals surface area (Å²) in [5.41, 5.74) is 3.68. The Labute approximate surface area is 225 Å². The molecule has 1 N–H and O–H groups in total. The van der Waals surface area contributed by atoms with Gasteiger partial charge in [-0.25, -0.2) is 19.3 Å². The lowest BCUT2D eigenvalue weighted by Gasteiger charge is -2.47. The van der Waals surface area contributed by atoms with Crippen LogP contribution in [0.3, 0.4) is 0 Å². The first kappa shape index (κ1) is 25.5. The summed E-state index contributed by atoms with van der Waals surface area (Å²) in [5.74, 6) is 3.45. The second kappa shape index (κ2) is 11.2. The Kier molecular flexibility index (Phi) is 7.49. The smallest absolute Gasteiger partial charge is 0.164 e. The first-order valence-electron chi connectivity index (χ1n) is 15.1.